The van der Waals surface area contributed by atoms with Crippen LogP contribution in [0.4, 0.5) is 18.9 Å². The molecule has 0 bridgehead atoms. The first-order valence-electron chi connectivity index (χ1n) is 12.1. The van der Waals surface area contributed by atoms with Crippen LogP contribution in [0, 0.1) is 16.7 Å². The number of anilines is 1. The van der Waals surface area contributed by atoms with Gasteiger partial charge >= 0.3 is 6.18 Å². The van der Waals surface area contributed by atoms with E-state index < -0.39 is 23.3 Å². The van der Waals surface area contributed by atoms with Crippen LogP contribution < -0.4 is 10.2 Å². The van der Waals surface area contributed by atoms with Crippen LogP contribution in [0.1, 0.15) is 42.4 Å². The van der Waals surface area contributed by atoms with Gasteiger partial charge in [-0.15, -0.1) is 0 Å². The molecule has 2 aromatic rings. The summed E-state index contributed by atoms with van der Waals surface area (Å²) in [7, 11) is 1.56. The molecule has 0 saturated carbocycles. The zero-order valence-electron chi connectivity index (χ0n) is 20.1. The summed E-state index contributed by atoms with van der Waals surface area (Å²) in [4.78, 5) is 29.4. The van der Waals surface area contributed by atoms with Crippen LogP contribution in [0.2, 0.25) is 0 Å². The molecule has 2 aliphatic rings. The predicted molar refractivity (Wildman–Crippen MR) is 129 cm³/mol. The molecule has 9 heteroatoms. The Bertz CT molecular complexity index is 1150. The van der Waals surface area contributed by atoms with Gasteiger partial charge in [-0.05, 0) is 54.9 Å². The summed E-state index contributed by atoms with van der Waals surface area (Å²) in [6.07, 6.45) is -1.85. The van der Waals surface area contributed by atoms with E-state index in [2.05, 4.69) is 5.32 Å². The van der Waals surface area contributed by atoms with Crippen molar-refractivity contribution in [2.45, 2.75) is 44.3 Å². The van der Waals surface area contributed by atoms with Crippen LogP contribution in [0.25, 0.3) is 0 Å². The Kier molecular flexibility index (Phi) is 7.25. The van der Waals surface area contributed by atoms with Gasteiger partial charge in [-0.25, -0.2) is 0 Å². The topological polar surface area (TPSA) is 76.4 Å². The molecule has 2 aromatic carbocycles. The molecule has 1 N–H and O–H groups in total. The van der Waals surface area contributed by atoms with E-state index in [9.17, 15) is 22.8 Å². The molecule has 0 aliphatic carbocycles. The summed E-state index contributed by atoms with van der Waals surface area (Å²) in [6.45, 7) is 1.49. The Morgan fingerprint density at radius 2 is 1.83 bits per heavy atom. The summed E-state index contributed by atoms with van der Waals surface area (Å²) < 4.78 is 40.3. The molecule has 36 heavy (non-hydrogen) atoms. The highest BCUT2D eigenvalue weighted by molar-refractivity contribution is 5.88. The van der Waals surface area contributed by atoms with Crippen LogP contribution in [0.3, 0.4) is 0 Å². The molecule has 1 atom stereocenters. The first-order valence-corrected chi connectivity index (χ1v) is 12.1. The van der Waals surface area contributed by atoms with Crippen LogP contribution in [0.5, 0.6) is 0 Å². The third kappa shape index (κ3) is 5.32. The molecule has 0 aromatic heterocycles. The molecule has 2 heterocycles. The average molecular weight is 499 g/mol. The number of amides is 2. The first kappa shape index (κ1) is 25.5. The van der Waals surface area contributed by atoms with Gasteiger partial charge in [0, 0.05) is 38.8 Å². The first-order chi connectivity index (χ1) is 17.2. The Morgan fingerprint density at radius 3 is 2.44 bits per heavy atom. The lowest BCUT2D eigenvalue weighted by Crippen LogP contribution is -2.45. The van der Waals surface area contributed by atoms with E-state index in [0.29, 0.717) is 57.4 Å². The molecule has 0 radical (unpaired) electrons. The van der Waals surface area contributed by atoms with Crippen molar-refractivity contribution in [3.63, 3.8) is 0 Å². The van der Waals surface area contributed by atoms with Crippen LogP contribution in [0.15, 0.2) is 48.5 Å². The molecular weight excluding hydrogens is 469 g/mol. The lowest BCUT2D eigenvalue weighted by atomic mass is 9.76. The third-order valence-electron chi connectivity index (χ3n) is 7.47. The molecule has 4 rings (SSSR count). The molecule has 190 valence electrons. The maximum atomic E-state index is 13.4. The van der Waals surface area contributed by atoms with Gasteiger partial charge in [0.15, 0.2) is 0 Å². The summed E-state index contributed by atoms with van der Waals surface area (Å²) in [5.74, 6) is -0.252. The average Bonchev–Trinajstić information content (AvgIpc) is 3.26. The van der Waals surface area contributed by atoms with Gasteiger partial charge < -0.3 is 15.1 Å². The number of likely N-dealkylation sites (tertiary alicyclic amines) is 1. The number of carbonyl (C=O) groups is 2. The van der Waals surface area contributed by atoms with Gasteiger partial charge in [-0.1, -0.05) is 30.3 Å². The Labute approximate surface area is 208 Å². The molecule has 2 saturated heterocycles. The minimum absolute atomic E-state index is 0.0614. The van der Waals surface area contributed by atoms with Gasteiger partial charge in [0.05, 0.1) is 17.2 Å². The van der Waals surface area contributed by atoms with Gasteiger partial charge in [0.1, 0.15) is 6.04 Å². The summed E-state index contributed by atoms with van der Waals surface area (Å²) in [6, 6.07) is 14.6. The lowest BCUT2D eigenvalue weighted by Gasteiger charge is -2.40. The molecule has 1 unspecified atom stereocenters. The fourth-order valence-electron chi connectivity index (χ4n) is 5.42. The molecular formula is C27H29F3N4O2. The number of aryl methyl sites for hydroxylation is 1. The zero-order chi connectivity index (χ0) is 25.9. The fourth-order valence-corrected chi connectivity index (χ4v) is 5.42. The van der Waals surface area contributed by atoms with E-state index in [1.165, 1.54) is 6.07 Å². The van der Waals surface area contributed by atoms with E-state index in [-0.39, 0.29) is 17.2 Å². The predicted octanol–water partition coefficient (Wildman–Crippen LogP) is 4.14. The van der Waals surface area contributed by atoms with Gasteiger partial charge in [-0.3, -0.25) is 9.59 Å². The Balaban J connectivity index is 1.46. The smallest absolute Gasteiger partial charge is 0.371 e. The van der Waals surface area contributed by atoms with Gasteiger partial charge in [-0.2, -0.15) is 18.4 Å². The maximum Gasteiger partial charge on any atom is 0.417 e. The normalized spacial score (nSPS) is 19.2. The molecule has 2 aliphatic heterocycles. The molecule has 6 nitrogen and oxygen atoms in total. The minimum Gasteiger partial charge on any atom is -0.371 e. The standard InChI is InChI=1S/C27H29F3N4O2/c1-32-25(36)23-16-26(18-34(23)24(35)10-7-19-5-3-2-4-6-19)11-13-33(14-12-26)21-9-8-20(17-31)22(15-21)27(28,29)30/h2-6,8-9,15,23H,7,10-14,16,18H2,1H3,(H,32,36). The van der Waals surface area contributed by atoms with Crippen LogP contribution >= 0.6 is 0 Å². The molecule has 2 amide bonds. The zero-order valence-corrected chi connectivity index (χ0v) is 20.1. The van der Waals surface area contributed by atoms with Crippen LogP contribution in [-0.4, -0.2) is 49.4 Å². The monoisotopic (exact) mass is 498 g/mol. The number of hydrogen-bond donors (Lipinski definition) is 1. The summed E-state index contributed by atoms with van der Waals surface area (Å²) in [5, 5.41) is 11.7. The van der Waals surface area contributed by atoms with Crippen LogP contribution in [-0.2, 0) is 22.2 Å². The largest absolute Gasteiger partial charge is 0.417 e. The number of alkyl halides is 3. The second-order valence-electron chi connectivity index (χ2n) is 9.67. The van der Waals surface area contributed by atoms with Crippen molar-refractivity contribution < 1.29 is 22.8 Å². The Hall–Kier alpha value is -3.54. The van der Waals surface area contributed by atoms with Gasteiger partial charge in [0.2, 0.25) is 11.8 Å². The number of nitriles is 1. The van der Waals surface area contributed by atoms with E-state index in [1.807, 2.05) is 35.2 Å². The number of halogens is 3. The highest BCUT2D eigenvalue weighted by Gasteiger charge is 2.49. The second-order valence-corrected chi connectivity index (χ2v) is 9.67. The van der Waals surface area contributed by atoms with Crippen molar-refractivity contribution >= 4 is 17.5 Å². The number of piperidine rings is 1. The molecule has 1 spiro atoms. The highest BCUT2D eigenvalue weighted by atomic mass is 19.4. The number of rotatable bonds is 5. The number of hydrogen-bond acceptors (Lipinski definition) is 4. The van der Waals surface area contributed by atoms with E-state index in [1.54, 1.807) is 24.1 Å². The van der Waals surface area contributed by atoms with Crippen molar-refractivity contribution in [3.05, 3.63) is 65.2 Å². The van der Waals surface area contributed by atoms with E-state index >= 15 is 0 Å². The summed E-state index contributed by atoms with van der Waals surface area (Å²) >= 11 is 0. The Morgan fingerprint density at radius 1 is 1.14 bits per heavy atom. The van der Waals surface area contributed by atoms with E-state index in [4.69, 9.17) is 5.26 Å². The molecule has 2 fully saturated rings. The minimum atomic E-state index is -4.61. The van der Waals surface area contributed by atoms with E-state index in [0.717, 1.165) is 11.6 Å². The fraction of sp³-hybridized carbons (Fsp3) is 0.444. The quantitative estimate of drug-likeness (QED) is 0.672. The SMILES string of the molecule is CNC(=O)C1CC2(CCN(c3ccc(C#N)c(C(F)(F)F)c3)CC2)CN1C(=O)CCc1ccccc1. The van der Waals surface area contributed by atoms with Crippen molar-refractivity contribution in [1.29, 1.82) is 5.26 Å². The summed E-state index contributed by atoms with van der Waals surface area (Å²) in [5.41, 5.74) is -0.0969. The van der Waals surface area contributed by atoms with Crippen molar-refractivity contribution in [2.75, 3.05) is 31.6 Å². The number of benzene rings is 2. The van der Waals surface area contributed by atoms with Gasteiger partial charge in [0.25, 0.3) is 0 Å². The number of nitrogens with zero attached hydrogens (tertiary/aromatic N) is 3. The number of nitrogens with one attached hydrogen (secondary N) is 1. The number of carbonyl (C=O) groups excluding carboxylic acids is 2. The highest BCUT2D eigenvalue weighted by Crippen LogP contribution is 2.45. The van der Waals surface area contributed by atoms with Crippen molar-refractivity contribution in [3.8, 4) is 6.07 Å². The number of likely N-dealkylation sites (N-methyl/N-ethyl adjacent to an activating group) is 1. The third-order valence-corrected chi connectivity index (χ3v) is 7.47. The van der Waals surface area contributed by atoms with Crippen molar-refractivity contribution in [1.82, 2.24) is 10.2 Å². The maximum absolute atomic E-state index is 13.4. The lowest BCUT2D eigenvalue weighted by molar-refractivity contribution is -0.138. The second kappa shape index (κ2) is 10.2. The van der Waals surface area contributed by atoms with Crippen molar-refractivity contribution in [2.24, 2.45) is 5.41 Å².